The summed E-state index contributed by atoms with van der Waals surface area (Å²) in [6.07, 6.45) is 3.42. The summed E-state index contributed by atoms with van der Waals surface area (Å²) in [4.78, 5) is 43.7. The zero-order chi connectivity index (χ0) is 21.7. The van der Waals surface area contributed by atoms with Crippen LogP contribution in [0.25, 0.3) is 0 Å². The normalized spacial score (nSPS) is 17.2. The summed E-state index contributed by atoms with van der Waals surface area (Å²) in [5.74, 6) is -0.105. The first-order valence-electron chi connectivity index (χ1n) is 11.2. The number of carbonyl (C=O) groups excluding carboxylic acids is 3. The van der Waals surface area contributed by atoms with Gasteiger partial charge >= 0.3 is 6.03 Å². The first-order valence-corrected chi connectivity index (χ1v) is 11.2. The third-order valence-electron chi connectivity index (χ3n) is 6.39. The first-order chi connectivity index (χ1) is 14.5. The van der Waals surface area contributed by atoms with E-state index >= 15 is 0 Å². The minimum atomic E-state index is -0.122. The van der Waals surface area contributed by atoms with E-state index in [0.717, 1.165) is 31.5 Å². The summed E-state index contributed by atoms with van der Waals surface area (Å²) in [6.45, 7) is 10.0. The summed E-state index contributed by atoms with van der Waals surface area (Å²) in [6, 6.07) is 5.58. The maximum absolute atomic E-state index is 12.9. The van der Waals surface area contributed by atoms with Crippen molar-refractivity contribution >= 4 is 23.5 Å². The van der Waals surface area contributed by atoms with Gasteiger partial charge in [0.1, 0.15) is 0 Å². The Balaban J connectivity index is 1.60. The molecule has 1 N–H and O–H groups in total. The molecule has 0 spiro atoms. The van der Waals surface area contributed by atoms with Crippen molar-refractivity contribution in [2.45, 2.75) is 46.5 Å². The summed E-state index contributed by atoms with van der Waals surface area (Å²) >= 11 is 0. The Labute approximate surface area is 179 Å². The highest BCUT2D eigenvalue weighted by atomic mass is 16.2. The lowest BCUT2D eigenvalue weighted by atomic mass is 9.95. The molecule has 30 heavy (non-hydrogen) atoms. The molecule has 0 bridgehead atoms. The predicted molar refractivity (Wildman–Crippen MR) is 118 cm³/mol. The van der Waals surface area contributed by atoms with Crippen LogP contribution >= 0.6 is 0 Å². The number of nitrogens with zero attached hydrogens (tertiary/aromatic N) is 3. The Morgan fingerprint density at radius 3 is 2.23 bits per heavy atom. The fraction of sp³-hybridized carbons (Fsp3) is 0.609. The topological polar surface area (TPSA) is 73.0 Å². The fourth-order valence-corrected chi connectivity index (χ4v) is 4.36. The van der Waals surface area contributed by atoms with Gasteiger partial charge in [0.2, 0.25) is 5.91 Å². The van der Waals surface area contributed by atoms with E-state index in [1.165, 1.54) is 0 Å². The molecular formula is C23H34N4O3. The Morgan fingerprint density at radius 2 is 1.63 bits per heavy atom. The summed E-state index contributed by atoms with van der Waals surface area (Å²) in [5, 5.41) is 3.03. The molecule has 0 atom stereocenters. The van der Waals surface area contributed by atoms with E-state index < -0.39 is 0 Å². The molecule has 2 aliphatic heterocycles. The van der Waals surface area contributed by atoms with Crippen molar-refractivity contribution in [3.8, 4) is 0 Å². The number of nitrogens with one attached hydrogen (secondary N) is 1. The number of amides is 4. The van der Waals surface area contributed by atoms with Crippen molar-refractivity contribution in [3.63, 3.8) is 0 Å². The number of hydrogen-bond acceptors (Lipinski definition) is 3. The van der Waals surface area contributed by atoms with Crippen LogP contribution in [0.2, 0.25) is 0 Å². The highest BCUT2D eigenvalue weighted by Gasteiger charge is 2.29. The molecule has 7 heteroatoms. The average Bonchev–Trinajstić information content (AvgIpc) is 3.30. The van der Waals surface area contributed by atoms with Gasteiger partial charge in [-0.05, 0) is 64.2 Å². The molecule has 1 aromatic rings. The quantitative estimate of drug-likeness (QED) is 0.803. The highest BCUT2D eigenvalue weighted by Crippen LogP contribution is 2.25. The maximum Gasteiger partial charge on any atom is 0.319 e. The number of piperidine rings is 1. The monoisotopic (exact) mass is 414 g/mol. The fourth-order valence-electron chi connectivity index (χ4n) is 4.36. The van der Waals surface area contributed by atoms with Crippen LogP contribution in [0, 0.1) is 12.8 Å². The van der Waals surface area contributed by atoms with Crippen molar-refractivity contribution in [2.24, 2.45) is 5.92 Å². The molecule has 0 saturated carbocycles. The van der Waals surface area contributed by atoms with Crippen molar-refractivity contribution < 1.29 is 14.4 Å². The number of urea groups is 1. The molecule has 2 heterocycles. The minimum Gasteiger partial charge on any atom is -0.339 e. The molecule has 1 aromatic carbocycles. The maximum atomic E-state index is 12.9. The highest BCUT2D eigenvalue weighted by molar-refractivity contribution is 6.00. The number of rotatable bonds is 5. The lowest BCUT2D eigenvalue weighted by Gasteiger charge is -2.34. The van der Waals surface area contributed by atoms with Gasteiger partial charge in [0, 0.05) is 56.4 Å². The summed E-state index contributed by atoms with van der Waals surface area (Å²) in [5.41, 5.74) is 2.18. The van der Waals surface area contributed by atoms with E-state index in [-0.39, 0.29) is 23.8 Å². The van der Waals surface area contributed by atoms with E-state index in [1.54, 1.807) is 0 Å². The second-order valence-electron chi connectivity index (χ2n) is 8.18. The molecule has 4 amide bonds. The van der Waals surface area contributed by atoms with E-state index in [1.807, 2.05) is 53.7 Å². The molecule has 3 rings (SSSR count). The van der Waals surface area contributed by atoms with Gasteiger partial charge in [0.05, 0.1) is 0 Å². The predicted octanol–water partition coefficient (Wildman–Crippen LogP) is 3.34. The van der Waals surface area contributed by atoms with Crippen molar-refractivity contribution in [1.29, 1.82) is 0 Å². The number of likely N-dealkylation sites (tertiary alicyclic amines) is 2. The van der Waals surface area contributed by atoms with Gasteiger partial charge in [-0.3, -0.25) is 9.59 Å². The summed E-state index contributed by atoms with van der Waals surface area (Å²) < 4.78 is 0. The van der Waals surface area contributed by atoms with Crippen LogP contribution in [0.5, 0.6) is 0 Å². The second kappa shape index (κ2) is 9.96. The standard InChI is InChI=1S/C23H34N4O3/c1-4-25(5-2)23(30)27-15-11-18(12-16-27)21(28)24-20-10-8-9-19(17(20)3)22(29)26-13-6-7-14-26/h8-10,18H,4-7,11-16H2,1-3H3,(H,24,28). The largest absolute Gasteiger partial charge is 0.339 e. The molecule has 0 radical (unpaired) electrons. The zero-order valence-corrected chi connectivity index (χ0v) is 18.4. The third-order valence-corrected chi connectivity index (χ3v) is 6.39. The van der Waals surface area contributed by atoms with Crippen LogP contribution in [0.1, 0.15) is 55.5 Å². The average molecular weight is 415 g/mol. The molecule has 0 aliphatic carbocycles. The first kappa shape index (κ1) is 22.1. The van der Waals surface area contributed by atoms with Crippen LogP contribution < -0.4 is 5.32 Å². The number of anilines is 1. The van der Waals surface area contributed by atoms with Crippen LogP contribution in [0.15, 0.2) is 18.2 Å². The Bertz CT molecular complexity index is 777. The lowest BCUT2D eigenvalue weighted by molar-refractivity contribution is -0.121. The Kier molecular flexibility index (Phi) is 7.34. The molecule has 2 fully saturated rings. The van der Waals surface area contributed by atoms with Crippen molar-refractivity contribution in [1.82, 2.24) is 14.7 Å². The van der Waals surface area contributed by atoms with Crippen LogP contribution in [-0.4, -0.2) is 71.8 Å². The van der Waals surface area contributed by atoms with E-state index in [4.69, 9.17) is 0 Å². The lowest BCUT2D eigenvalue weighted by Crippen LogP contribution is -2.47. The Morgan fingerprint density at radius 1 is 1.00 bits per heavy atom. The van der Waals surface area contributed by atoms with Crippen LogP contribution in [-0.2, 0) is 4.79 Å². The molecule has 0 unspecified atom stereocenters. The van der Waals surface area contributed by atoms with Gasteiger partial charge in [-0.2, -0.15) is 0 Å². The smallest absolute Gasteiger partial charge is 0.319 e. The number of benzene rings is 1. The van der Waals surface area contributed by atoms with E-state index in [0.29, 0.717) is 50.3 Å². The van der Waals surface area contributed by atoms with Crippen molar-refractivity contribution in [3.05, 3.63) is 29.3 Å². The van der Waals surface area contributed by atoms with Gasteiger partial charge in [-0.1, -0.05) is 6.07 Å². The van der Waals surface area contributed by atoms with E-state index in [2.05, 4.69) is 5.32 Å². The summed E-state index contributed by atoms with van der Waals surface area (Å²) in [7, 11) is 0. The molecule has 164 valence electrons. The SMILES string of the molecule is CCN(CC)C(=O)N1CCC(C(=O)Nc2cccc(C(=O)N3CCCC3)c2C)CC1. The van der Waals surface area contributed by atoms with Gasteiger partial charge in [0.15, 0.2) is 0 Å². The minimum absolute atomic E-state index is 0.0289. The molecule has 0 aromatic heterocycles. The van der Waals surface area contributed by atoms with E-state index in [9.17, 15) is 14.4 Å². The van der Waals surface area contributed by atoms with Gasteiger partial charge < -0.3 is 20.0 Å². The van der Waals surface area contributed by atoms with Crippen LogP contribution in [0.3, 0.4) is 0 Å². The van der Waals surface area contributed by atoms with Crippen molar-refractivity contribution in [2.75, 3.05) is 44.6 Å². The second-order valence-corrected chi connectivity index (χ2v) is 8.18. The van der Waals surface area contributed by atoms with Gasteiger partial charge in [0.25, 0.3) is 5.91 Å². The zero-order valence-electron chi connectivity index (χ0n) is 18.4. The van der Waals surface area contributed by atoms with Gasteiger partial charge in [-0.15, -0.1) is 0 Å². The number of hydrogen-bond donors (Lipinski definition) is 1. The third kappa shape index (κ3) is 4.77. The molecular weight excluding hydrogens is 380 g/mol. The Hall–Kier alpha value is -2.57. The van der Waals surface area contributed by atoms with Gasteiger partial charge in [-0.25, -0.2) is 4.79 Å². The number of carbonyl (C=O) groups is 3. The molecule has 2 aliphatic rings. The van der Waals surface area contributed by atoms with Crippen LogP contribution in [0.4, 0.5) is 10.5 Å². The molecule has 7 nitrogen and oxygen atoms in total. The molecule has 2 saturated heterocycles.